The van der Waals surface area contributed by atoms with Crippen molar-refractivity contribution in [2.24, 2.45) is 0 Å². The number of rotatable bonds is 6. The second-order valence-electron chi connectivity index (χ2n) is 4.37. The highest BCUT2D eigenvalue weighted by Crippen LogP contribution is 2.03. The summed E-state index contributed by atoms with van der Waals surface area (Å²) in [4.78, 5) is 11.7. The first-order valence-electron chi connectivity index (χ1n) is 6.11. The van der Waals surface area contributed by atoms with Crippen LogP contribution in [0.25, 0.3) is 0 Å². The van der Waals surface area contributed by atoms with Crippen LogP contribution in [-0.2, 0) is 16.0 Å². The molecule has 0 saturated carbocycles. The molecule has 0 saturated heterocycles. The van der Waals surface area contributed by atoms with E-state index >= 15 is 0 Å². The number of ether oxygens (including phenoxy) is 1. The third-order valence-corrected chi connectivity index (χ3v) is 2.36. The number of hydrogen-bond acceptors (Lipinski definition) is 3. The smallest absolute Gasteiger partial charge is 0.311 e. The van der Waals surface area contributed by atoms with Gasteiger partial charge >= 0.3 is 5.97 Å². The Balaban J connectivity index is 2.43. The van der Waals surface area contributed by atoms with Crippen LogP contribution in [-0.4, -0.2) is 18.2 Å². The quantitative estimate of drug-likeness (QED) is 0.608. The van der Waals surface area contributed by atoms with E-state index in [1.807, 2.05) is 51.1 Å². The molecule has 3 nitrogen and oxygen atoms in total. The summed E-state index contributed by atoms with van der Waals surface area (Å²) in [5.74, 6) is -0.184. The summed E-state index contributed by atoms with van der Waals surface area (Å²) in [6.07, 6.45) is 0.918. The van der Waals surface area contributed by atoms with Crippen molar-refractivity contribution in [3.63, 3.8) is 0 Å². The molecule has 94 valence electrons. The summed E-state index contributed by atoms with van der Waals surface area (Å²) in [6, 6.07) is 9.95. The normalized spacial score (nSPS) is 12.5. The molecule has 1 rings (SSSR count). The predicted octanol–water partition coefficient (Wildman–Crippen LogP) is 2.51. The van der Waals surface area contributed by atoms with Crippen molar-refractivity contribution in [1.29, 1.82) is 0 Å². The maximum Gasteiger partial charge on any atom is 0.311 e. The molecule has 0 aromatic heterocycles. The van der Waals surface area contributed by atoms with Crippen LogP contribution in [0.4, 0.5) is 0 Å². The fourth-order valence-corrected chi connectivity index (χ4v) is 1.57. The van der Waals surface area contributed by atoms with Crippen molar-refractivity contribution >= 4 is 5.97 Å². The molecule has 0 amide bonds. The minimum atomic E-state index is -0.189. The van der Waals surface area contributed by atoms with Gasteiger partial charge < -0.3 is 4.74 Å². The van der Waals surface area contributed by atoms with Gasteiger partial charge in [0.2, 0.25) is 0 Å². The topological polar surface area (TPSA) is 38.3 Å². The van der Waals surface area contributed by atoms with E-state index in [1.54, 1.807) is 0 Å². The van der Waals surface area contributed by atoms with Gasteiger partial charge in [-0.25, -0.2) is 0 Å². The van der Waals surface area contributed by atoms with E-state index in [0.29, 0.717) is 12.5 Å². The van der Waals surface area contributed by atoms with E-state index in [9.17, 15) is 4.79 Å². The van der Waals surface area contributed by atoms with Gasteiger partial charge in [-0.15, -0.1) is 0 Å². The number of carbonyl (C=O) groups excluding carboxylic acids is 1. The van der Waals surface area contributed by atoms with Gasteiger partial charge in [-0.1, -0.05) is 37.3 Å². The molecule has 0 aliphatic heterocycles. The van der Waals surface area contributed by atoms with Gasteiger partial charge in [0.25, 0.3) is 0 Å². The minimum Gasteiger partial charge on any atom is -0.446 e. The van der Waals surface area contributed by atoms with E-state index in [4.69, 9.17) is 4.74 Å². The van der Waals surface area contributed by atoms with Gasteiger partial charge in [0.15, 0.2) is 6.23 Å². The van der Waals surface area contributed by atoms with Crippen LogP contribution >= 0.6 is 0 Å². The molecule has 1 aromatic rings. The van der Waals surface area contributed by atoms with E-state index in [0.717, 1.165) is 12.0 Å². The Bertz CT molecular complexity index is 335. The lowest BCUT2D eigenvalue weighted by Crippen LogP contribution is -2.38. The number of esters is 1. The Morgan fingerprint density at radius 1 is 1.29 bits per heavy atom. The zero-order chi connectivity index (χ0) is 12.7. The Labute approximate surface area is 103 Å². The molecule has 1 aromatic carbocycles. The fraction of sp³-hybridized carbons (Fsp3) is 0.500. The van der Waals surface area contributed by atoms with Crippen LogP contribution in [0.15, 0.2) is 30.3 Å². The summed E-state index contributed by atoms with van der Waals surface area (Å²) in [5, 5.41) is 3.20. The largest absolute Gasteiger partial charge is 0.446 e. The van der Waals surface area contributed by atoms with Gasteiger partial charge in [0.05, 0.1) is 6.42 Å². The Morgan fingerprint density at radius 2 is 1.94 bits per heavy atom. The molecular formula is C14H21NO2. The Hall–Kier alpha value is -1.35. The number of nitrogens with one attached hydrogen (secondary N) is 1. The van der Waals surface area contributed by atoms with E-state index in [2.05, 4.69) is 5.32 Å². The third-order valence-electron chi connectivity index (χ3n) is 2.36. The van der Waals surface area contributed by atoms with Crippen LogP contribution in [0, 0.1) is 0 Å². The molecule has 0 aliphatic carbocycles. The number of carbonyl (C=O) groups is 1. The second-order valence-corrected chi connectivity index (χ2v) is 4.37. The zero-order valence-electron chi connectivity index (χ0n) is 10.8. The SMILES string of the molecule is CC[C@@H](NC(C)C)OC(=O)Cc1ccccc1. The van der Waals surface area contributed by atoms with Crippen molar-refractivity contribution in [2.45, 2.75) is 45.9 Å². The molecule has 0 radical (unpaired) electrons. The van der Waals surface area contributed by atoms with E-state index in [1.165, 1.54) is 0 Å². The maximum absolute atomic E-state index is 11.7. The van der Waals surface area contributed by atoms with Crippen LogP contribution < -0.4 is 5.32 Å². The molecule has 0 spiro atoms. The summed E-state index contributed by atoms with van der Waals surface area (Å²) >= 11 is 0. The van der Waals surface area contributed by atoms with Gasteiger partial charge in [0.1, 0.15) is 0 Å². The molecule has 0 unspecified atom stereocenters. The maximum atomic E-state index is 11.7. The first kappa shape index (κ1) is 13.7. The van der Waals surface area contributed by atoms with E-state index < -0.39 is 0 Å². The lowest BCUT2D eigenvalue weighted by atomic mass is 10.1. The monoisotopic (exact) mass is 235 g/mol. The van der Waals surface area contributed by atoms with Crippen molar-refractivity contribution < 1.29 is 9.53 Å². The van der Waals surface area contributed by atoms with Gasteiger partial charge in [-0.05, 0) is 25.8 Å². The first-order valence-corrected chi connectivity index (χ1v) is 6.11. The number of benzene rings is 1. The Kier molecular flexibility index (Phi) is 5.70. The number of hydrogen-bond donors (Lipinski definition) is 1. The van der Waals surface area contributed by atoms with Crippen LogP contribution in [0.2, 0.25) is 0 Å². The molecule has 0 fully saturated rings. The second kappa shape index (κ2) is 7.07. The highest BCUT2D eigenvalue weighted by atomic mass is 16.6. The molecule has 0 aliphatic rings. The molecule has 1 atom stereocenters. The lowest BCUT2D eigenvalue weighted by Gasteiger charge is -2.20. The van der Waals surface area contributed by atoms with Gasteiger partial charge in [-0.3, -0.25) is 10.1 Å². The summed E-state index contributed by atoms with van der Waals surface area (Å²) < 4.78 is 5.36. The fourth-order valence-electron chi connectivity index (χ4n) is 1.57. The Morgan fingerprint density at radius 3 is 2.47 bits per heavy atom. The average Bonchev–Trinajstić information content (AvgIpc) is 2.28. The molecular weight excluding hydrogens is 214 g/mol. The van der Waals surface area contributed by atoms with Crippen molar-refractivity contribution in [1.82, 2.24) is 5.32 Å². The van der Waals surface area contributed by atoms with E-state index in [-0.39, 0.29) is 12.2 Å². The van der Waals surface area contributed by atoms with Gasteiger partial charge in [-0.2, -0.15) is 0 Å². The predicted molar refractivity (Wildman–Crippen MR) is 68.6 cm³/mol. The minimum absolute atomic E-state index is 0.184. The average molecular weight is 235 g/mol. The van der Waals surface area contributed by atoms with Crippen molar-refractivity contribution in [3.05, 3.63) is 35.9 Å². The zero-order valence-corrected chi connectivity index (χ0v) is 10.8. The van der Waals surface area contributed by atoms with Crippen LogP contribution in [0.5, 0.6) is 0 Å². The molecule has 1 N–H and O–H groups in total. The summed E-state index contributed by atoms with van der Waals surface area (Å²) in [7, 11) is 0. The summed E-state index contributed by atoms with van der Waals surface area (Å²) in [6.45, 7) is 6.07. The van der Waals surface area contributed by atoms with Gasteiger partial charge in [0, 0.05) is 6.04 Å². The lowest BCUT2D eigenvalue weighted by molar-refractivity contribution is -0.150. The summed E-state index contributed by atoms with van der Waals surface area (Å²) in [5.41, 5.74) is 0.983. The molecule has 17 heavy (non-hydrogen) atoms. The molecule has 3 heteroatoms. The standard InChI is InChI=1S/C14H21NO2/c1-4-13(15-11(2)3)17-14(16)10-12-8-6-5-7-9-12/h5-9,11,13,15H,4,10H2,1-3H3/t13-/m0/s1. The highest BCUT2D eigenvalue weighted by molar-refractivity contribution is 5.72. The highest BCUT2D eigenvalue weighted by Gasteiger charge is 2.13. The third kappa shape index (κ3) is 5.50. The van der Waals surface area contributed by atoms with Crippen molar-refractivity contribution in [2.75, 3.05) is 0 Å². The molecule has 0 heterocycles. The van der Waals surface area contributed by atoms with Crippen LogP contribution in [0.1, 0.15) is 32.8 Å². The molecule has 0 bridgehead atoms. The van der Waals surface area contributed by atoms with Crippen molar-refractivity contribution in [3.8, 4) is 0 Å². The van der Waals surface area contributed by atoms with Crippen LogP contribution in [0.3, 0.4) is 0 Å². The first-order chi connectivity index (χ1) is 8.11.